The van der Waals surface area contributed by atoms with Crippen LogP contribution in [0.4, 0.5) is 5.88 Å². The molecule has 0 aromatic carbocycles. The van der Waals surface area contributed by atoms with Crippen molar-refractivity contribution < 1.29 is 23.6 Å². The van der Waals surface area contributed by atoms with E-state index in [0.717, 1.165) is 5.76 Å². The molecule has 1 N–H and O–H groups in total. The fraction of sp³-hybridized carbons (Fsp3) is 0.333. The summed E-state index contributed by atoms with van der Waals surface area (Å²) in [5, 5.41) is 8.68. The largest absolute Gasteiger partial charge is 0.478 e. The van der Waals surface area contributed by atoms with Crippen molar-refractivity contribution in [1.82, 2.24) is 0 Å². The molecule has 0 saturated carbocycles. The molecule has 0 amide bonds. The first kappa shape index (κ1) is 8.80. The average molecular weight is 196 g/mol. The molecule has 1 aromatic heterocycles. The van der Waals surface area contributed by atoms with E-state index < -0.39 is 12.1 Å². The number of hydrogen-bond donors (Lipinski definition) is 1. The van der Waals surface area contributed by atoms with Crippen LogP contribution in [0.25, 0.3) is 0 Å². The van der Waals surface area contributed by atoms with Crippen molar-refractivity contribution in [1.29, 1.82) is 0 Å². The number of carboxylic acid groups (broad SMARTS) is 1. The Labute approximate surface area is 80.2 Å². The minimum Gasteiger partial charge on any atom is -0.478 e. The molecule has 1 aliphatic heterocycles. The van der Waals surface area contributed by atoms with Gasteiger partial charge in [0.2, 0.25) is 6.54 Å². The zero-order valence-corrected chi connectivity index (χ0v) is 7.64. The third kappa shape index (κ3) is 1.48. The summed E-state index contributed by atoms with van der Waals surface area (Å²) in [6.07, 6.45) is 0.567. The Kier molecular flexibility index (Phi) is 1.99. The minimum atomic E-state index is -0.966. The van der Waals surface area contributed by atoms with Gasteiger partial charge in [0.05, 0.1) is 6.07 Å². The lowest BCUT2D eigenvalue weighted by Crippen LogP contribution is -2.24. The maximum atomic E-state index is 10.6. The molecule has 2 heterocycles. The maximum absolute atomic E-state index is 10.6. The highest BCUT2D eigenvalue weighted by molar-refractivity contribution is 5.74. The Bertz CT molecular complexity index is 393. The van der Waals surface area contributed by atoms with Crippen molar-refractivity contribution >= 4 is 18.3 Å². The molecule has 1 aliphatic rings. The Morgan fingerprint density at radius 2 is 2.43 bits per heavy atom. The van der Waals surface area contributed by atoms with E-state index in [4.69, 9.17) is 14.3 Å². The molecular formula is C9H10NO4+. The number of nitrogens with zero attached hydrogens (tertiary/aromatic N) is 1. The smallest absolute Gasteiger partial charge is 0.375 e. The zero-order valence-electron chi connectivity index (χ0n) is 7.64. The highest BCUT2D eigenvalue weighted by Crippen LogP contribution is 2.18. The third-order valence-electron chi connectivity index (χ3n) is 2.00. The van der Waals surface area contributed by atoms with Crippen molar-refractivity contribution in [3.63, 3.8) is 0 Å². The summed E-state index contributed by atoms with van der Waals surface area (Å²) in [6.45, 7) is 2.11. The lowest BCUT2D eigenvalue weighted by atomic mass is 10.3. The average Bonchev–Trinajstić information content (AvgIpc) is 2.70. The molecule has 0 spiro atoms. The van der Waals surface area contributed by atoms with Crippen LogP contribution in [0.1, 0.15) is 5.76 Å². The Morgan fingerprint density at radius 1 is 1.64 bits per heavy atom. The van der Waals surface area contributed by atoms with E-state index in [9.17, 15) is 4.79 Å². The van der Waals surface area contributed by atoms with Gasteiger partial charge in [0.25, 0.3) is 6.10 Å². The first-order valence-corrected chi connectivity index (χ1v) is 4.21. The van der Waals surface area contributed by atoms with Crippen LogP contribution in [0.15, 0.2) is 16.5 Å². The standard InChI is InChI=1S/C9H9NO4/c1-6-2-3-8(14-6)10-4-7(9(11)12)13-5-10/h2-3,5,7H,4H2,1H3/p+1. The number of furan rings is 1. The number of carboxylic acids is 1. The van der Waals surface area contributed by atoms with Crippen molar-refractivity contribution in [3.05, 3.63) is 17.9 Å². The normalized spacial score (nSPS) is 20.4. The van der Waals surface area contributed by atoms with E-state index in [0.29, 0.717) is 5.88 Å². The van der Waals surface area contributed by atoms with E-state index in [-0.39, 0.29) is 6.54 Å². The summed E-state index contributed by atoms with van der Waals surface area (Å²) in [5.41, 5.74) is 0. The van der Waals surface area contributed by atoms with Gasteiger partial charge in [0.15, 0.2) is 0 Å². The summed E-state index contributed by atoms with van der Waals surface area (Å²) < 4.78 is 11.9. The van der Waals surface area contributed by atoms with Crippen molar-refractivity contribution in [3.8, 4) is 0 Å². The molecule has 1 unspecified atom stereocenters. The topological polar surface area (TPSA) is 62.7 Å². The van der Waals surface area contributed by atoms with Crippen molar-refractivity contribution in [2.45, 2.75) is 13.0 Å². The van der Waals surface area contributed by atoms with Gasteiger partial charge in [-0.05, 0) is 13.0 Å². The monoisotopic (exact) mass is 196 g/mol. The van der Waals surface area contributed by atoms with Crippen LogP contribution >= 0.6 is 0 Å². The van der Waals surface area contributed by atoms with E-state index >= 15 is 0 Å². The molecule has 5 nitrogen and oxygen atoms in total. The molecule has 1 aromatic rings. The van der Waals surface area contributed by atoms with E-state index in [1.807, 2.05) is 13.0 Å². The van der Waals surface area contributed by atoms with Crippen LogP contribution in [-0.2, 0) is 9.53 Å². The molecule has 0 bridgehead atoms. The number of carbonyl (C=O) groups is 1. The first-order valence-electron chi connectivity index (χ1n) is 4.21. The first-order chi connectivity index (χ1) is 6.66. The summed E-state index contributed by atoms with van der Waals surface area (Å²) >= 11 is 0. The zero-order chi connectivity index (χ0) is 10.1. The van der Waals surface area contributed by atoms with Gasteiger partial charge in [-0.15, -0.1) is 4.58 Å². The molecule has 5 heteroatoms. The summed E-state index contributed by atoms with van der Waals surface area (Å²) in [6, 6.07) is 3.59. The molecule has 0 saturated heterocycles. The van der Waals surface area contributed by atoms with Crippen LogP contribution in [0.2, 0.25) is 0 Å². The van der Waals surface area contributed by atoms with Gasteiger partial charge in [-0.3, -0.25) is 0 Å². The van der Waals surface area contributed by atoms with Gasteiger partial charge >= 0.3 is 18.3 Å². The Balaban J connectivity index is 2.12. The SMILES string of the molecule is Cc1ccc([N+]2=COC(C(=O)O)C2)o1. The predicted octanol–water partition coefficient (Wildman–Crippen LogP) is 0.744. The molecular weight excluding hydrogens is 186 g/mol. The van der Waals surface area contributed by atoms with Crippen LogP contribution in [0.3, 0.4) is 0 Å². The third-order valence-corrected chi connectivity index (χ3v) is 2.00. The predicted molar refractivity (Wildman–Crippen MR) is 46.8 cm³/mol. The second-order valence-corrected chi connectivity index (χ2v) is 3.11. The minimum absolute atomic E-state index is 0.280. The highest BCUT2D eigenvalue weighted by Gasteiger charge is 2.33. The Hall–Kier alpha value is -1.78. The summed E-state index contributed by atoms with van der Waals surface area (Å²) in [4.78, 5) is 10.6. The van der Waals surface area contributed by atoms with Crippen molar-refractivity contribution in [2.24, 2.45) is 0 Å². The van der Waals surface area contributed by atoms with Crippen molar-refractivity contribution in [2.75, 3.05) is 6.54 Å². The number of aliphatic carboxylic acids is 1. The number of hydrogen-bond acceptors (Lipinski definition) is 3. The molecule has 14 heavy (non-hydrogen) atoms. The molecule has 2 rings (SSSR count). The summed E-state index contributed by atoms with van der Waals surface area (Å²) in [5.74, 6) is 0.422. The molecule has 0 fully saturated rings. The van der Waals surface area contributed by atoms with E-state index in [2.05, 4.69) is 0 Å². The molecule has 1 atom stereocenters. The fourth-order valence-electron chi connectivity index (χ4n) is 1.27. The van der Waals surface area contributed by atoms with Crippen LogP contribution in [-0.4, -0.2) is 34.7 Å². The van der Waals surface area contributed by atoms with Gasteiger partial charge in [0, 0.05) is 0 Å². The second kappa shape index (κ2) is 3.17. The number of rotatable bonds is 2. The van der Waals surface area contributed by atoms with Gasteiger partial charge < -0.3 is 14.3 Å². The fourth-order valence-corrected chi connectivity index (χ4v) is 1.27. The van der Waals surface area contributed by atoms with Crippen LogP contribution in [0, 0.1) is 6.92 Å². The molecule has 74 valence electrons. The lowest BCUT2D eigenvalue weighted by Gasteiger charge is -1.96. The number of aryl methyl sites for hydroxylation is 1. The second-order valence-electron chi connectivity index (χ2n) is 3.11. The highest BCUT2D eigenvalue weighted by atomic mass is 16.5. The number of ether oxygens (including phenoxy) is 1. The summed E-state index contributed by atoms with van der Waals surface area (Å²) in [7, 11) is 0. The molecule has 0 radical (unpaired) electrons. The van der Waals surface area contributed by atoms with Gasteiger partial charge in [-0.2, -0.15) is 0 Å². The molecule has 0 aliphatic carbocycles. The van der Waals surface area contributed by atoms with Gasteiger partial charge in [-0.25, -0.2) is 4.79 Å². The van der Waals surface area contributed by atoms with Gasteiger partial charge in [0.1, 0.15) is 5.76 Å². The van der Waals surface area contributed by atoms with Crippen LogP contribution < -0.4 is 0 Å². The maximum Gasteiger partial charge on any atom is 0.375 e. The quantitative estimate of drug-likeness (QED) is 0.709. The lowest BCUT2D eigenvalue weighted by molar-refractivity contribution is -0.442. The Morgan fingerprint density at radius 3 is 2.93 bits per heavy atom. The van der Waals surface area contributed by atoms with E-state index in [1.54, 1.807) is 10.6 Å². The van der Waals surface area contributed by atoms with Gasteiger partial charge in [-0.1, -0.05) is 0 Å². The van der Waals surface area contributed by atoms with Crippen LogP contribution in [0.5, 0.6) is 0 Å². The van der Waals surface area contributed by atoms with E-state index in [1.165, 1.54) is 6.40 Å².